The molecule has 3 amide bonds. The molecule has 1 aromatic heterocycles. The lowest BCUT2D eigenvalue weighted by Gasteiger charge is -2.40. The fourth-order valence-corrected chi connectivity index (χ4v) is 4.18. The maximum absolute atomic E-state index is 13.2. The zero-order valence-corrected chi connectivity index (χ0v) is 21.7. The van der Waals surface area contributed by atoms with Crippen molar-refractivity contribution in [1.82, 2.24) is 25.3 Å². The van der Waals surface area contributed by atoms with Crippen LogP contribution >= 0.6 is 0 Å². The molecule has 0 spiro atoms. The molecule has 0 saturated carbocycles. The van der Waals surface area contributed by atoms with E-state index in [0.717, 1.165) is 11.1 Å². The number of likely N-dealkylation sites (N-methyl/N-ethyl adjacent to an activating group) is 1. The van der Waals surface area contributed by atoms with Crippen LogP contribution in [0.15, 0.2) is 48.5 Å². The summed E-state index contributed by atoms with van der Waals surface area (Å²) in [4.78, 5) is 40.4. The van der Waals surface area contributed by atoms with Crippen LogP contribution in [0.5, 0.6) is 11.5 Å². The molecule has 3 aromatic rings. The Morgan fingerprint density at radius 2 is 1.74 bits per heavy atom. The molecule has 0 saturated heterocycles. The number of amides is 3. The number of aromatic nitrogens is 2. The molecule has 0 fully saturated rings. The van der Waals surface area contributed by atoms with E-state index in [1.165, 1.54) is 34.8 Å². The van der Waals surface area contributed by atoms with Gasteiger partial charge in [-0.3, -0.25) is 19.1 Å². The van der Waals surface area contributed by atoms with Crippen molar-refractivity contribution in [2.75, 3.05) is 20.8 Å². The molecule has 11 heteroatoms. The van der Waals surface area contributed by atoms with E-state index in [1.807, 2.05) is 13.0 Å². The average Bonchev–Trinajstić information content (AvgIpc) is 3.34. The third kappa shape index (κ3) is 5.31. The third-order valence-electron chi connectivity index (χ3n) is 6.57. The van der Waals surface area contributed by atoms with E-state index in [9.17, 15) is 18.8 Å². The second-order valence-electron chi connectivity index (χ2n) is 9.12. The van der Waals surface area contributed by atoms with E-state index >= 15 is 0 Å². The molecule has 1 aliphatic heterocycles. The summed E-state index contributed by atoms with van der Waals surface area (Å²) in [6, 6.07) is 12.6. The van der Waals surface area contributed by atoms with Gasteiger partial charge in [-0.05, 0) is 49.2 Å². The Morgan fingerprint density at radius 1 is 1.05 bits per heavy atom. The van der Waals surface area contributed by atoms with Gasteiger partial charge in [-0.1, -0.05) is 18.2 Å². The van der Waals surface area contributed by atoms with Gasteiger partial charge in [-0.2, -0.15) is 5.10 Å². The molecule has 0 bridgehead atoms. The lowest BCUT2D eigenvalue weighted by molar-refractivity contribution is -0.132. The van der Waals surface area contributed by atoms with Crippen LogP contribution in [0.3, 0.4) is 0 Å². The molecule has 1 unspecified atom stereocenters. The fourth-order valence-electron chi connectivity index (χ4n) is 4.18. The average molecular weight is 524 g/mol. The Kier molecular flexibility index (Phi) is 7.65. The molecule has 2 N–H and O–H groups in total. The molecule has 10 nitrogen and oxygen atoms in total. The van der Waals surface area contributed by atoms with E-state index in [1.54, 1.807) is 38.3 Å². The van der Waals surface area contributed by atoms with Gasteiger partial charge in [-0.25, -0.2) is 4.39 Å². The summed E-state index contributed by atoms with van der Waals surface area (Å²) >= 11 is 0. The zero-order valence-electron chi connectivity index (χ0n) is 21.7. The second-order valence-corrected chi connectivity index (χ2v) is 9.12. The van der Waals surface area contributed by atoms with Crippen LogP contribution in [0.1, 0.15) is 46.0 Å². The highest BCUT2D eigenvalue weighted by atomic mass is 19.1. The van der Waals surface area contributed by atoms with Crippen molar-refractivity contribution in [3.05, 3.63) is 76.9 Å². The van der Waals surface area contributed by atoms with Gasteiger partial charge in [0.25, 0.3) is 11.8 Å². The Morgan fingerprint density at radius 3 is 2.42 bits per heavy atom. The lowest BCUT2D eigenvalue weighted by atomic mass is 9.96. The van der Waals surface area contributed by atoms with Crippen LogP contribution in [0.25, 0.3) is 0 Å². The molecule has 1 aliphatic rings. The molecule has 4 rings (SSSR count). The van der Waals surface area contributed by atoms with Crippen LogP contribution in [-0.2, 0) is 24.4 Å². The van der Waals surface area contributed by atoms with E-state index in [0.29, 0.717) is 18.1 Å². The van der Waals surface area contributed by atoms with Gasteiger partial charge in [0.2, 0.25) is 5.91 Å². The predicted molar refractivity (Wildman–Crippen MR) is 136 cm³/mol. The van der Waals surface area contributed by atoms with Crippen molar-refractivity contribution in [3.63, 3.8) is 0 Å². The van der Waals surface area contributed by atoms with E-state index < -0.39 is 23.3 Å². The van der Waals surface area contributed by atoms with E-state index in [2.05, 4.69) is 15.7 Å². The number of carbonyl (C=O) groups excluding carboxylic acids is 3. The first-order valence-corrected chi connectivity index (χ1v) is 12.1. The summed E-state index contributed by atoms with van der Waals surface area (Å²) in [7, 11) is 3.08. The van der Waals surface area contributed by atoms with Gasteiger partial charge in [0.1, 0.15) is 17.1 Å². The Labute approximate surface area is 219 Å². The standard InChI is InChI=1S/C27H30FN5O5/c1-5-38-22-11-8-18(12-23(22)37-4)15-29-24(34)20-13-21-25(35)32(3)27(2,16-33(21)31-20)26(36)30-14-17-6-9-19(28)10-7-17/h6-13H,5,14-16H2,1-4H3,(H,29,34)(H,30,36). The van der Waals surface area contributed by atoms with Gasteiger partial charge in [0, 0.05) is 26.2 Å². The van der Waals surface area contributed by atoms with Gasteiger partial charge >= 0.3 is 0 Å². The maximum Gasteiger partial charge on any atom is 0.272 e. The highest BCUT2D eigenvalue weighted by molar-refractivity contribution is 6.01. The number of nitrogens with zero attached hydrogens (tertiary/aromatic N) is 3. The molecule has 38 heavy (non-hydrogen) atoms. The van der Waals surface area contributed by atoms with Crippen LogP contribution in [0.4, 0.5) is 4.39 Å². The number of fused-ring (bicyclic) bond motifs is 1. The zero-order chi connectivity index (χ0) is 27.4. The molecule has 200 valence electrons. The Hall–Kier alpha value is -4.41. The monoisotopic (exact) mass is 523 g/mol. The minimum Gasteiger partial charge on any atom is -0.493 e. The topological polar surface area (TPSA) is 115 Å². The normalized spacial score (nSPS) is 16.6. The first kappa shape index (κ1) is 26.6. The summed E-state index contributed by atoms with van der Waals surface area (Å²) in [5.41, 5.74) is 0.545. The summed E-state index contributed by atoms with van der Waals surface area (Å²) in [5, 5.41) is 9.92. The lowest BCUT2D eigenvalue weighted by Crippen LogP contribution is -2.62. The maximum atomic E-state index is 13.2. The number of rotatable bonds is 9. The van der Waals surface area contributed by atoms with Gasteiger partial charge in [0.05, 0.1) is 20.3 Å². The highest BCUT2D eigenvalue weighted by Crippen LogP contribution is 2.28. The molecule has 0 aliphatic carbocycles. The largest absolute Gasteiger partial charge is 0.493 e. The van der Waals surface area contributed by atoms with Crippen LogP contribution in [0.2, 0.25) is 0 Å². The number of benzene rings is 2. The quantitative estimate of drug-likeness (QED) is 0.446. The number of halogens is 1. The van der Waals surface area contributed by atoms with Crippen molar-refractivity contribution in [1.29, 1.82) is 0 Å². The number of ether oxygens (including phenoxy) is 2. The van der Waals surface area contributed by atoms with Crippen molar-refractivity contribution in [2.24, 2.45) is 0 Å². The summed E-state index contributed by atoms with van der Waals surface area (Å²) in [6.07, 6.45) is 0. The summed E-state index contributed by atoms with van der Waals surface area (Å²) in [6.45, 7) is 4.45. The first-order valence-electron chi connectivity index (χ1n) is 12.1. The SMILES string of the molecule is CCOc1ccc(CNC(=O)c2cc3n(n2)CC(C)(C(=O)NCc2ccc(F)cc2)N(C)C3=O)cc1OC. The van der Waals surface area contributed by atoms with Gasteiger partial charge in [0.15, 0.2) is 17.2 Å². The Balaban J connectivity index is 1.44. The number of nitrogens with one attached hydrogen (secondary N) is 2. The second kappa shape index (κ2) is 10.9. The third-order valence-corrected chi connectivity index (χ3v) is 6.57. The summed E-state index contributed by atoms with van der Waals surface area (Å²) < 4.78 is 25.4. The number of hydrogen-bond donors (Lipinski definition) is 2. The summed E-state index contributed by atoms with van der Waals surface area (Å²) in [5.74, 6) is -0.485. The minimum atomic E-state index is -1.25. The van der Waals surface area contributed by atoms with Crippen LogP contribution in [-0.4, -0.2) is 58.7 Å². The smallest absolute Gasteiger partial charge is 0.272 e. The molecule has 1 atom stereocenters. The highest BCUT2D eigenvalue weighted by Gasteiger charge is 2.46. The molecule has 2 heterocycles. The van der Waals surface area contributed by atoms with Crippen molar-refractivity contribution in [3.8, 4) is 11.5 Å². The number of carbonyl (C=O) groups is 3. The van der Waals surface area contributed by atoms with E-state index in [-0.39, 0.29) is 36.8 Å². The van der Waals surface area contributed by atoms with Crippen molar-refractivity contribution < 1.29 is 28.2 Å². The molecule has 2 aromatic carbocycles. The number of hydrogen-bond acceptors (Lipinski definition) is 6. The first-order chi connectivity index (χ1) is 18.2. The van der Waals surface area contributed by atoms with Crippen molar-refractivity contribution in [2.45, 2.75) is 39.0 Å². The predicted octanol–water partition coefficient (Wildman–Crippen LogP) is 2.52. The van der Waals surface area contributed by atoms with E-state index in [4.69, 9.17) is 9.47 Å². The molecular weight excluding hydrogens is 493 g/mol. The minimum absolute atomic E-state index is 0.0587. The fraction of sp³-hybridized carbons (Fsp3) is 0.333. The molecule has 0 radical (unpaired) electrons. The van der Waals surface area contributed by atoms with Crippen molar-refractivity contribution >= 4 is 17.7 Å². The molecular formula is C27H30FN5O5. The number of methoxy groups -OCH3 is 1. The van der Waals surface area contributed by atoms with Gasteiger partial charge < -0.3 is 25.0 Å². The Bertz CT molecular complexity index is 1360. The van der Waals surface area contributed by atoms with Gasteiger partial charge in [-0.15, -0.1) is 0 Å². The van der Waals surface area contributed by atoms with Crippen LogP contribution < -0.4 is 20.1 Å². The van der Waals surface area contributed by atoms with Crippen LogP contribution in [0, 0.1) is 5.82 Å².